The first-order valence-corrected chi connectivity index (χ1v) is 7.93. The second kappa shape index (κ2) is 8.87. The molecule has 1 aliphatic carbocycles. The van der Waals surface area contributed by atoms with Gasteiger partial charge in [-0.15, -0.1) is 0 Å². The van der Waals surface area contributed by atoms with E-state index in [1.807, 2.05) is 13.8 Å². The number of carboxylic acids is 1. The average molecular weight is 299 g/mol. The van der Waals surface area contributed by atoms with Gasteiger partial charge in [-0.2, -0.15) is 0 Å². The number of hydrogen-bond donors (Lipinski definition) is 3. The van der Waals surface area contributed by atoms with Gasteiger partial charge in [-0.1, -0.05) is 33.1 Å². The van der Waals surface area contributed by atoms with Crippen molar-refractivity contribution in [1.29, 1.82) is 0 Å². The van der Waals surface area contributed by atoms with Gasteiger partial charge in [-0.05, 0) is 25.8 Å². The Kier molecular flexibility index (Phi) is 7.50. The third kappa shape index (κ3) is 5.91. The van der Waals surface area contributed by atoms with Crippen LogP contribution in [0.3, 0.4) is 0 Å². The second-order valence-electron chi connectivity index (χ2n) is 6.02. The molecule has 0 heterocycles. The Labute approximate surface area is 127 Å². The van der Waals surface area contributed by atoms with Crippen LogP contribution in [0.15, 0.2) is 0 Å². The molecule has 2 atom stereocenters. The number of rotatable bonds is 8. The van der Waals surface area contributed by atoms with E-state index < -0.39 is 18.0 Å². The highest BCUT2D eigenvalue weighted by molar-refractivity contribution is 5.82. The van der Waals surface area contributed by atoms with Crippen molar-refractivity contribution in [3.05, 3.63) is 0 Å². The molecule has 1 unspecified atom stereocenters. The summed E-state index contributed by atoms with van der Waals surface area (Å²) in [5.41, 5.74) is 0. The van der Waals surface area contributed by atoms with Gasteiger partial charge in [0.15, 0.2) is 0 Å². The third-order valence-corrected chi connectivity index (χ3v) is 4.46. The van der Waals surface area contributed by atoms with Gasteiger partial charge in [0.05, 0.1) is 0 Å². The molecule has 2 amide bonds. The van der Waals surface area contributed by atoms with Crippen LogP contribution in [-0.4, -0.2) is 54.2 Å². The molecule has 0 radical (unpaired) electrons. The van der Waals surface area contributed by atoms with Crippen molar-refractivity contribution in [3.63, 3.8) is 0 Å². The monoisotopic (exact) mass is 299 g/mol. The van der Waals surface area contributed by atoms with Gasteiger partial charge in [0, 0.05) is 19.1 Å². The molecule has 0 saturated heterocycles. The standard InChI is InChI=1S/C15H29N3O3/c1-4-11(2)13(14(19)20)17-15(21)16-9-10-18(3)12-7-5-6-8-12/h11-13H,4-10H2,1-3H3,(H,19,20)(H2,16,17,21)/t11?,13-/m0/s1. The smallest absolute Gasteiger partial charge is 0.326 e. The van der Waals surface area contributed by atoms with Gasteiger partial charge in [-0.25, -0.2) is 9.59 Å². The zero-order valence-electron chi connectivity index (χ0n) is 13.4. The summed E-state index contributed by atoms with van der Waals surface area (Å²) in [6, 6.07) is -0.605. The van der Waals surface area contributed by atoms with Crippen LogP contribution < -0.4 is 10.6 Å². The van der Waals surface area contributed by atoms with Crippen molar-refractivity contribution in [2.75, 3.05) is 20.1 Å². The molecule has 122 valence electrons. The van der Waals surface area contributed by atoms with Gasteiger partial charge in [-0.3, -0.25) is 0 Å². The Morgan fingerprint density at radius 1 is 1.33 bits per heavy atom. The fourth-order valence-corrected chi connectivity index (χ4v) is 2.75. The van der Waals surface area contributed by atoms with E-state index in [1.54, 1.807) is 0 Å². The molecule has 0 aromatic heterocycles. The summed E-state index contributed by atoms with van der Waals surface area (Å²) in [6.07, 6.45) is 5.76. The van der Waals surface area contributed by atoms with Gasteiger partial charge in [0.1, 0.15) is 6.04 Å². The summed E-state index contributed by atoms with van der Waals surface area (Å²) in [7, 11) is 2.08. The van der Waals surface area contributed by atoms with E-state index in [2.05, 4.69) is 22.6 Å². The first kappa shape index (κ1) is 17.8. The summed E-state index contributed by atoms with van der Waals surface area (Å²) in [4.78, 5) is 25.2. The number of carbonyl (C=O) groups is 2. The highest BCUT2D eigenvalue weighted by Crippen LogP contribution is 2.21. The molecule has 1 fully saturated rings. The topological polar surface area (TPSA) is 81.7 Å². The van der Waals surface area contributed by atoms with Gasteiger partial charge in [0.2, 0.25) is 0 Å². The van der Waals surface area contributed by atoms with E-state index in [1.165, 1.54) is 25.7 Å². The lowest BCUT2D eigenvalue weighted by atomic mass is 9.99. The Morgan fingerprint density at radius 3 is 2.48 bits per heavy atom. The first-order chi connectivity index (χ1) is 9.95. The number of carbonyl (C=O) groups excluding carboxylic acids is 1. The Morgan fingerprint density at radius 2 is 1.95 bits per heavy atom. The zero-order valence-corrected chi connectivity index (χ0v) is 13.4. The number of aliphatic carboxylic acids is 1. The predicted molar refractivity (Wildman–Crippen MR) is 82.3 cm³/mol. The number of likely N-dealkylation sites (N-methyl/N-ethyl adjacent to an activating group) is 1. The molecular formula is C15H29N3O3. The lowest BCUT2D eigenvalue weighted by Gasteiger charge is -2.24. The molecule has 1 aliphatic rings. The van der Waals surface area contributed by atoms with E-state index in [4.69, 9.17) is 5.11 Å². The van der Waals surface area contributed by atoms with Crippen molar-refractivity contribution in [1.82, 2.24) is 15.5 Å². The van der Waals surface area contributed by atoms with E-state index in [-0.39, 0.29) is 5.92 Å². The highest BCUT2D eigenvalue weighted by atomic mass is 16.4. The number of hydrogen-bond acceptors (Lipinski definition) is 3. The molecule has 0 spiro atoms. The van der Waals surface area contributed by atoms with Gasteiger partial charge < -0.3 is 20.6 Å². The van der Waals surface area contributed by atoms with Crippen LogP contribution in [0.25, 0.3) is 0 Å². The highest BCUT2D eigenvalue weighted by Gasteiger charge is 2.25. The van der Waals surface area contributed by atoms with E-state index in [9.17, 15) is 9.59 Å². The van der Waals surface area contributed by atoms with Crippen LogP contribution in [-0.2, 0) is 4.79 Å². The number of nitrogens with one attached hydrogen (secondary N) is 2. The molecule has 6 nitrogen and oxygen atoms in total. The average Bonchev–Trinajstić information content (AvgIpc) is 2.97. The van der Waals surface area contributed by atoms with Gasteiger partial charge >= 0.3 is 12.0 Å². The zero-order chi connectivity index (χ0) is 15.8. The fraction of sp³-hybridized carbons (Fsp3) is 0.867. The molecule has 6 heteroatoms. The molecule has 0 aliphatic heterocycles. The molecule has 0 bridgehead atoms. The van der Waals surface area contributed by atoms with Crippen molar-refractivity contribution < 1.29 is 14.7 Å². The van der Waals surface area contributed by atoms with Crippen LogP contribution in [0.2, 0.25) is 0 Å². The normalized spacial score (nSPS) is 18.5. The number of carboxylic acid groups (broad SMARTS) is 1. The minimum atomic E-state index is -0.984. The van der Waals surface area contributed by atoms with E-state index >= 15 is 0 Å². The van der Waals surface area contributed by atoms with Crippen molar-refractivity contribution >= 4 is 12.0 Å². The Bertz CT molecular complexity index is 343. The number of nitrogens with zero attached hydrogens (tertiary/aromatic N) is 1. The van der Waals surface area contributed by atoms with Crippen LogP contribution in [0.5, 0.6) is 0 Å². The number of urea groups is 1. The molecular weight excluding hydrogens is 270 g/mol. The SMILES string of the molecule is CCC(C)[C@H](NC(=O)NCCN(C)C1CCCC1)C(=O)O. The maximum atomic E-state index is 11.8. The molecule has 21 heavy (non-hydrogen) atoms. The van der Waals surface area contributed by atoms with Crippen molar-refractivity contribution in [2.24, 2.45) is 5.92 Å². The first-order valence-electron chi connectivity index (χ1n) is 7.93. The Balaban J connectivity index is 2.27. The van der Waals surface area contributed by atoms with Crippen molar-refractivity contribution in [3.8, 4) is 0 Å². The summed E-state index contributed by atoms with van der Waals surface area (Å²) >= 11 is 0. The lowest BCUT2D eigenvalue weighted by Crippen LogP contribution is -2.50. The summed E-state index contributed by atoms with van der Waals surface area (Å²) in [6.45, 7) is 5.06. The van der Waals surface area contributed by atoms with Crippen LogP contribution in [0.1, 0.15) is 46.0 Å². The molecule has 1 rings (SSSR count). The predicted octanol–water partition coefficient (Wildman–Crippen LogP) is 1.66. The minimum Gasteiger partial charge on any atom is -0.480 e. The number of amides is 2. The second-order valence-corrected chi connectivity index (χ2v) is 6.02. The molecule has 1 saturated carbocycles. The van der Waals surface area contributed by atoms with E-state index in [0.717, 1.165) is 6.54 Å². The quantitative estimate of drug-likeness (QED) is 0.636. The maximum absolute atomic E-state index is 11.8. The van der Waals surface area contributed by atoms with Crippen LogP contribution >= 0.6 is 0 Å². The summed E-state index contributed by atoms with van der Waals surface area (Å²) < 4.78 is 0. The molecule has 0 aromatic carbocycles. The summed E-state index contributed by atoms with van der Waals surface area (Å²) in [5, 5.41) is 14.4. The largest absolute Gasteiger partial charge is 0.480 e. The lowest BCUT2D eigenvalue weighted by molar-refractivity contribution is -0.140. The van der Waals surface area contributed by atoms with E-state index in [0.29, 0.717) is 19.0 Å². The summed E-state index contributed by atoms with van der Waals surface area (Å²) in [5.74, 6) is -1.07. The van der Waals surface area contributed by atoms with Gasteiger partial charge in [0.25, 0.3) is 0 Å². The molecule has 3 N–H and O–H groups in total. The fourth-order valence-electron chi connectivity index (χ4n) is 2.75. The minimum absolute atomic E-state index is 0.0885. The van der Waals surface area contributed by atoms with Crippen molar-refractivity contribution in [2.45, 2.75) is 58.0 Å². The van der Waals surface area contributed by atoms with Crippen LogP contribution in [0.4, 0.5) is 4.79 Å². The molecule has 0 aromatic rings. The third-order valence-electron chi connectivity index (χ3n) is 4.46. The Hall–Kier alpha value is -1.30. The van der Waals surface area contributed by atoms with Crippen LogP contribution in [0, 0.1) is 5.92 Å². The maximum Gasteiger partial charge on any atom is 0.326 e.